The standard InChI is InChI=1S/C24H11Br2Cl2NO6/c25-13-5-12(21(16(26)8-13)34-23(30)15-3-2-14(27)9-17(15)28)6-18-24(31)35-22(29-18)11-1-4-19-20(7-11)33-10-32-19/h1-9H,10H2/b18-6+. The van der Waals surface area contributed by atoms with Gasteiger partial charge in [0.2, 0.25) is 12.7 Å². The number of hydrogen-bond acceptors (Lipinski definition) is 7. The van der Waals surface area contributed by atoms with E-state index >= 15 is 0 Å². The van der Waals surface area contributed by atoms with Crippen LogP contribution in [-0.2, 0) is 9.53 Å². The van der Waals surface area contributed by atoms with Crippen LogP contribution in [0, 0.1) is 0 Å². The van der Waals surface area contributed by atoms with E-state index in [0.29, 0.717) is 36.6 Å². The Balaban J connectivity index is 1.49. The smallest absolute Gasteiger partial charge is 0.363 e. The van der Waals surface area contributed by atoms with Gasteiger partial charge in [-0.2, -0.15) is 0 Å². The van der Waals surface area contributed by atoms with Gasteiger partial charge in [0.25, 0.3) is 0 Å². The Kier molecular flexibility index (Phi) is 6.59. The van der Waals surface area contributed by atoms with Gasteiger partial charge in [-0.3, -0.25) is 0 Å². The van der Waals surface area contributed by atoms with Gasteiger partial charge in [0.15, 0.2) is 22.9 Å². The summed E-state index contributed by atoms with van der Waals surface area (Å²) >= 11 is 18.9. The molecule has 0 amide bonds. The summed E-state index contributed by atoms with van der Waals surface area (Å²) in [5, 5.41) is 0.533. The van der Waals surface area contributed by atoms with Gasteiger partial charge in [0.1, 0.15) is 0 Å². The minimum absolute atomic E-state index is 0.0180. The van der Waals surface area contributed by atoms with Crippen molar-refractivity contribution in [2.75, 3.05) is 6.79 Å². The van der Waals surface area contributed by atoms with Crippen LogP contribution in [0.4, 0.5) is 0 Å². The number of fused-ring (bicyclic) bond motifs is 1. The number of aliphatic imine (C=N–C) groups is 1. The minimum atomic E-state index is -0.701. The predicted octanol–water partition coefficient (Wildman–Crippen LogP) is 6.81. The molecular formula is C24H11Br2Cl2NO6. The van der Waals surface area contributed by atoms with Crippen molar-refractivity contribution in [1.29, 1.82) is 0 Å². The first kappa shape index (κ1) is 23.9. The Morgan fingerprint density at radius 1 is 1.03 bits per heavy atom. The van der Waals surface area contributed by atoms with E-state index in [-0.39, 0.29) is 34.7 Å². The molecule has 7 nitrogen and oxygen atoms in total. The van der Waals surface area contributed by atoms with Gasteiger partial charge < -0.3 is 18.9 Å². The lowest BCUT2D eigenvalue weighted by atomic mass is 10.1. The molecule has 2 heterocycles. The SMILES string of the molecule is O=C1OC(c2ccc3c(c2)OCO3)=N/C1=C/c1cc(Br)cc(Br)c1OC(=O)c1ccc(Cl)cc1Cl. The number of ether oxygens (including phenoxy) is 4. The van der Waals surface area contributed by atoms with Crippen LogP contribution in [0.2, 0.25) is 10.0 Å². The second-order valence-corrected chi connectivity index (χ2v) is 9.84. The topological polar surface area (TPSA) is 83.4 Å². The van der Waals surface area contributed by atoms with E-state index in [1.807, 2.05) is 0 Å². The predicted molar refractivity (Wildman–Crippen MR) is 136 cm³/mol. The molecule has 0 aromatic heterocycles. The Morgan fingerprint density at radius 3 is 2.63 bits per heavy atom. The molecule has 11 heteroatoms. The molecule has 0 atom stereocenters. The van der Waals surface area contributed by atoms with Crippen molar-refractivity contribution in [2.24, 2.45) is 4.99 Å². The van der Waals surface area contributed by atoms with Gasteiger partial charge in [-0.1, -0.05) is 39.1 Å². The van der Waals surface area contributed by atoms with Gasteiger partial charge in [0, 0.05) is 20.6 Å². The molecule has 35 heavy (non-hydrogen) atoms. The number of hydrogen-bond donors (Lipinski definition) is 0. The van der Waals surface area contributed by atoms with Gasteiger partial charge in [0.05, 0.1) is 15.1 Å². The van der Waals surface area contributed by atoms with E-state index in [1.54, 1.807) is 30.3 Å². The third-order valence-corrected chi connectivity index (χ3v) is 6.51. The molecule has 0 unspecified atom stereocenters. The van der Waals surface area contributed by atoms with Crippen LogP contribution >= 0.6 is 55.1 Å². The lowest BCUT2D eigenvalue weighted by Gasteiger charge is -2.12. The van der Waals surface area contributed by atoms with Crippen LogP contribution in [0.3, 0.4) is 0 Å². The molecule has 5 rings (SSSR count). The fraction of sp³-hybridized carbons (Fsp3) is 0.0417. The molecule has 176 valence electrons. The number of benzene rings is 3. The van der Waals surface area contributed by atoms with Crippen LogP contribution in [-0.4, -0.2) is 24.6 Å². The van der Waals surface area contributed by atoms with Crippen LogP contribution in [0.5, 0.6) is 17.2 Å². The molecule has 0 aliphatic carbocycles. The zero-order chi connectivity index (χ0) is 24.7. The summed E-state index contributed by atoms with van der Waals surface area (Å²) in [7, 11) is 0. The highest BCUT2D eigenvalue weighted by Crippen LogP contribution is 2.37. The summed E-state index contributed by atoms with van der Waals surface area (Å²) in [6.45, 7) is 0.122. The van der Waals surface area contributed by atoms with E-state index < -0.39 is 11.9 Å². The molecule has 3 aromatic rings. The Labute approximate surface area is 225 Å². The summed E-state index contributed by atoms with van der Waals surface area (Å²) < 4.78 is 22.8. The van der Waals surface area contributed by atoms with E-state index in [4.69, 9.17) is 42.1 Å². The molecule has 0 saturated heterocycles. The number of carbonyl (C=O) groups excluding carboxylic acids is 2. The second kappa shape index (κ2) is 9.66. The first-order valence-electron chi connectivity index (χ1n) is 9.87. The zero-order valence-corrected chi connectivity index (χ0v) is 22.0. The van der Waals surface area contributed by atoms with Gasteiger partial charge >= 0.3 is 11.9 Å². The van der Waals surface area contributed by atoms with Crippen LogP contribution in [0.15, 0.2) is 68.2 Å². The highest BCUT2D eigenvalue weighted by molar-refractivity contribution is 9.11. The zero-order valence-electron chi connectivity index (χ0n) is 17.3. The Hall–Kier alpha value is -2.85. The molecule has 0 bridgehead atoms. The van der Waals surface area contributed by atoms with Crippen LogP contribution < -0.4 is 14.2 Å². The average Bonchev–Trinajstić information content (AvgIpc) is 3.42. The molecule has 0 fully saturated rings. The minimum Gasteiger partial charge on any atom is -0.454 e. The summed E-state index contributed by atoms with van der Waals surface area (Å²) in [5.74, 6) is 0.0429. The van der Waals surface area contributed by atoms with Gasteiger partial charge in [-0.25, -0.2) is 14.6 Å². The number of cyclic esters (lactones) is 1. The molecule has 0 spiro atoms. The third kappa shape index (κ3) is 4.95. The quantitative estimate of drug-likeness (QED) is 0.177. The summed E-state index contributed by atoms with van der Waals surface area (Å²) in [6, 6.07) is 12.9. The van der Waals surface area contributed by atoms with E-state index in [9.17, 15) is 9.59 Å². The third-order valence-electron chi connectivity index (χ3n) is 4.92. The average molecular weight is 640 g/mol. The molecule has 0 saturated carbocycles. The van der Waals surface area contributed by atoms with Gasteiger partial charge in [-0.15, -0.1) is 0 Å². The van der Waals surface area contributed by atoms with Crippen molar-refractivity contribution >= 4 is 79.0 Å². The summed E-state index contributed by atoms with van der Waals surface area (Å²) in [4.78, 5) is 29.7. The first-order valence-corrected chi connectivity index (χ1v) is 12.2. The largest absolute Gasteiger partial charge is 0.454 e. The highest BCUT2D eigenvalue weighted by Gasteiger charge is 2.27. The van der Waals surface area contributed by atoms with Crippen molar-refractivity contribution in [2.45, 2.75) is 0 Å². The number of carbonyl (C=O) groups is 2. The van der Waals surface area contributed by atoms with Crippen molar-refractivity contribution in [3.05, 3.63) is 89.9 Å². The van der Waals surface area contributed by atoms with Crippen molar-refractivity contribution in [3.8, 4) is 17.2 Å². The fourth-order valence-electron chi connectivity index (χ4n) is 3.31. The monoisotopic (exact) mass is 637 g/mol. The van der Waals surface area contributed by atoms with Crippen LogP contribution in [0.25, 0.3) is 6.08 Å². The first-order chi connectivity index (χ1) is 16.8. The molecule has 2 aliphatic rings. The van der Waals surface area contributed by atoms with E-state index in [0.717, 1.165) is 0 Å². The second-order valence-electron chi connectivity index (χ2n) is 7.22. The highest BCUT2D eigenvalue weighted by atomic mass is 79.9. The van der Waals surface area contributed by atoms with E-state index in [2.05, 4.69) is 36.9 Å². The normalized spacial score (nSPS) is 15.3. The van der Waals surface area contributed by atoms with Crippen molar-refractivity contribution in [1.82, 2.24) is 0 Å². The van der Waals surface area contributed by atoms with E-state index in [1.165, 1.54) is 24.3 Å². The van der Waals surface area contributed by atoms with Crippen LogP contribution in [0.1, 0.15) is 21.5 Å². The molecule has 3 aromatic carbocycles. The Morgan fingerprint density at radius 2 is 1.83 bits per heavy atom. The van der Waals surface area contributed by atoms with Crippen molar-refractivity contribution < 1.29 is 28.5 Å². The number of halogens is 4. The molecule has 0 N–H and O–H groups in total. The molecular weight excluding hydrogens is 629 g/mol. The van der Waals surface area contributed by atoms with Gasteiger partial charge in [-0.05, 0) is 70.5 Å². The maximum Gasteiger partial charge on any atom is 0.363 e. The van der Waals surface area contributed by atoms with Crippen molar-refractivity contribution in [3.63, 3.8) is 0 Å². The number of rotatable bonds is 4. The summed E-state index contributed by atoms with van der Waals surface area (Å²) in [5.41, 5.74) is 1.09. The lowest BCUT2D eigenvalue weighted by molar-refractivity contribution is -0.129. The molecule has 0 radical (unpaired) electrons. The maximum absolute atomic E-state index is 12.8. The molecule has 2 aliphatic heterocycles. The Bertz CT molecular complexity index is 1470. The maximum atomic E-state index is 12.8. The number of nitrogens with zero attached hydrogens (tertiary/aromatic N) is 1. The summed E-state index contributed by atoms with van der Waals surface area (Å²) in [6.07, 6.45) is 1.46. The lowest BCUT2D eigenvalue weighted by Crippen LogP contribution is -2.10. The number of esters is 2. The fourth-order valence-corrected chi connectivity index (χ4v) is 5.13.